The summed E-state index contributed by atoms with van der Waals surface area (Å²) in [4.78, 5) is 14.7. The molecule has 0 N–H and O–H groups in total. The summed E-state index contributed by atoms with van der Waals surface area (Å²) in [6, 6.07) is 3.14. The molecular formula is C25H34F3NO5. The molecule has 4 unspecified atom stereocenters. The van der Waals surface area contributed by atoms with E-state index in [1.54, 1.807) is 0 Å². The zero-order valence-electron chi connectivity index (χ0n) is 19.8. The van der Waals surface area contributed by atoms with Gasteiger partial charge >= 0.3 is 12.1 Å². The Morgan fingerprint density at radius 3 is 2.56 bits per heavy atom. The molecule has 1 saturated heterocycles. The normalized spacial score (nSPS) is 26.1. The molecule has 4 atom stereocenters. The molecule has 3 aliphatic rings. The summed E-state index contributed by atoms with van der Waals surface area (Å²) in [5, 5.41) is 0. The van der Waals surface area contributed by atoms with Crippen LogP contribution < -0.4 is 4.74 Å². The van der Waals surface area contributed by atoms with Crippen LogP contribution in [0.3, 0.4) is 0 Å². The van der Waals surface area contributed by atoms with E-state index in [2.05, 4.69) is 4.90 Å². The fourth-order valence-electron chi connectivity index (χ4n) is 5.13. The Balaban J connectivity index is 1.44. The van der Waals surface area contributed by atoms with E-state index in [9.17, 15) is 18.0 Å². The Labute approximate surface area is 198 Å². The van der Waals surface area contributed by atoms with Gasteiger partial charge in [0.2, 0.25) is 6.29 Å². The predicted octanol–water partition coefficient (Wildman–Crippen LogP) is 4.76. The maximum atomic E-state index is 13.7. The Morgan fingerprint density at radius 1 is 1.18 bits per heavy atom. The van der Waals surface area contributed by atoms with Crippen LogP contribution in [0.5, 0.6) is 5.75 Å². The molecule has 1 aliphatic heterocycles. The molecule has 6 nitrogen and oxygen atoms in total. The highest BCUT2D eigenvalue weighted by atomic mass is 19.4. The van der Waals surface area contributed by atoms with Crippen LogP contribution in [-0.4, -0.2) is 62.7 Å². The molecule has 1 aromatic rings. The number of esters is 1. The molecule has 0 spiro atoms. The van der Waals surface area contributed by atoms with Crippen molar-refractivity contribution in [3.8, 4) is 5.75 Å². The Morgan fingerprint density at radius 2 is 1.94 bits per heavy atom. The van der Waals surface area contributed by atoms with E-state index in [4.69, 9.17) is 18.9 Å². The van der Waals surface area contributed by atoms with Gasteiger partial charge in [-0.15, -0.1) is 0 Å². The molecule has 0 radical (unpaired) electrons. The minimum atomic E-state index is -4.62. The molecule has 9 heteroatoms. The largest absolute Gasteiger partial charge is 0.464 e. The summed E-state index contributed by atoms with van der Waals surface area (Å²) in [5.74, 6) is -0.155. The van der Waals surface area contributed by atoms with Crippen LogP contribution in [0, 0.1) is 17.8 Å². The van der Waals surface area contributed by atoms with Crippen molar-refractivity contribution in [1.29, 1.82) is 0 Å². The molecule has 2 aliphatic carbocycles. The lowest BCUT2D eigenvalue weighted by Crippen LogP contribution is -2.38. The second-order valence-electron chi connectivity index (χ2n) is 9.88. The molecule has 0 aromatic heterocycles. The van der Waals surface area contributed by atoms with Gasteiger partial charge in [-0.1, -0.05) is 13.8 Å². The number of morpholine rings is 1. The summed E-state index contributed by atoms with van der Waals surface area (Å²) in [6.45, 7) is 7.20. The smallest absolute Gasteiger partial charge is 0.419 e. The van der Waals surface area contributed by atoms with E-state index in [1.165, 1.54) is 6.42 Å². The average Bonchev–Trinajstić information content (AvgIpc) is 3.42. The van der Waals surface area contributed by atoms with E-state index >= 15 is 0 Å². The van der Waals surface area contributed by atoms with Gasteiger partial charge in [0, 0.05) is 25.6 Å². The van der Waals surface area contributed by atoms with Gasteiger partial charge in [-0.2, -0.15) is 13.2 Å². The van der Waals surface area contributed by atoms with Crippen molar-refractivity contribution in [3.05, 3.63) is 29.3 Å². The summed E-state index contributed by atoms with van der Waals surface area (Å²) < 4.78 is 63.8. The summed E-state index contributed by atoms with van der Waals surface area (Å²) in [5.41, 5.74) is -0.910. The van der Waals surface area contributed by atoms with Gasteiger partial charge in [-0.25, -0.2) is 4.79 Å². The standard InChI is InChI=1S/C25H34F3NO5/c1-16(2)24(33-21-14-17-3-4-18(21)13-17)34-22-15-19(5-6-20(22)25(26,27)28)23(30)32-12-9-29-7-10-31-11-8-29/h5-6,15-18,21,24H,3-4,7-14H2,1-2H3. The zero-order valence-corrected chi connectivity index (χ0v) is 19.8. The van der Waals surface area contributed by atoms with Crippen molar-refractivity contribution < 1.29 is 36.9 Å². The van der Waals surface area contributed by atoms with Crippen LogP contribution >= 0.6 is 0 Å². The van der Waals surface area contributed by atoms with Gasteiger partial charge in [0.25, 0.3) is 0 Å². The summed E-state index contributed by atoms with van der Waals surface area (Å²) in [7, 11) is 0. The maximum Gasteiger partial charge on any atom is 0.419 e. The van der Waals surface area contributed by atoms with Crippen LogP contribution in [0.25, 0.3) is 0 Å². The minimum Gasteiger partial charge on any atom is -0.464 e. The lowest BCUT2D eigenvalue weighted by molar-refractivity contribution is -0.164. The van der Waals surface area contributed by atoms with Crippen LogP contribution in [0.2, 0.25) is 0 Å². The molecular weight excluding hydrogens is 451 g/mol. The number of carbonyl (C=O) groups excluding carboxylic acids is 1. The molecule has 34 heavy (non-hydrogen) atoms. The third kappa shape index (κ3) is 6.23. The molecule has 4 rings (SSSR count). The number of fused-ring (bicyclic) bond motifs is 2. The monoisotopic (exact) mass is 485 g/mol. The van der Waals surface area contributed by atoms with E-state index in [1.807, 2.05) is 13.8 Å². The highest BCUT2D eigenvalue weighted by molar-refractivity contribution is 5.90. The van der Waals surface area contributed by atoms with Crippen molar-refractivity contribution in [2.24, 2.45) is 17.8 Å². The summed E-state index contributed by atoms with van der Waals surface area (Å²) in [6.07, 6.45) is -1.10. The van der Waals surface area contributed by atoms with Crippen molar-refractivity contribution in [2.45, 2.75) is 58.1 Å². The van der Waals surface area contributed by atoms with Crippen molar-refractivity contribution in [3.63, 3.8) is 0 Å². The van der Waals surface area contributed by atoms with Crippen LogP contribution in [0.15, 0.2) is 18.2 Å². The molecule has 1 aromatic carbocycles. The van der Waals surface area contributed by atoms with E-state index in [0.717, 1.165) is 50.6 Å². The van der Waals surface area contributed by atoms with Gasteiger partial charge in [0.1, 0.15) is 12.4 Å². The molecule has 1 heterocycles. The van der Waals surface area contributed by atoms with Gasteiger partial charge < -0.3 is 18.9 Å². The molecule has 190 valence electrons. The van der Waals surface area contributed by atoms with Crippen LogP contribution in [-0.2, 0) is 20.4 Å². The average molecular weight is 486 g/mol. The number of nitrogens with zero attached hydrogens (tertiary/aromatic N) is 1. The van der Waals surface area contributed by atoms with E-state index in [0.29, 0.717) is 31.6 Å². The predicted molar refractivity (Wildman–Crippen MR) is 119 cm³/mol. The number of ether oxygens (including phenoxy) is 4. The van der Waals surface area contributed by atoms with Crippen LogP contribution in [0.4, 0.5) is 13.2 Å². The quantitative estimate of drug-likeness (QED) is 0.371. The Hall–Kier alpha value is -1.84. The topological polar surface area (TPSA) is 57.2 Å². The molecule has 0 amide bonds. The first-order valence-electron chi connectivity index (χ1n) is 12.2. The minimum absolute atomic E-state index is 0.00817. The van der Waals surface area contributed by atoms with Crippen molar-refractivity contribution >= 4 is 5.97 Å². The third-order valence-corrected chi connectivity index (χ3v) is 7.04. The fourth-order valence-corrected chi connectivity index (χ4v) is 5.13. The maximum absolute atomic E-state index is 13.7. The third-order valence-electron chi connectivity index (χ3n) is 7.04. The second kappa shape index (κ2) is 10.8. The number of carbonyl (C=O) groups is 1. The molecule has 2 saturated carbocycles. The highest BCUT2D eigenvalue weighted by Gasteiger charge is 2.42. The fraction of sp³-hybridized carbons (Fsp3) is 0.720. The SMILES string of the molecule is CC(C)C(Oc1cc(C(=O)OCCN2CCOCC2)ccc1C(F)(F)F)OC1CC2CCC1C2. The van der Waals surface area contributed by atoms with E-state index < -0.39 is 29.7 Å². The number of hydrogen-bond donors (Lipinski definition) is 0. The Bertz CT molecular complexity index is 840. The summed E-state index contributed by atoms with van der Waals surface area (Å²) >= 11 is 0. The lowest BCUT2D eigenvalue weighted by Gasteiger charge is -2.31. The molecule has 2 bridgehead atoms. The number of alkyl halides is 3. The first-order valence-corrected chi connectivity index (χ1v) is 12.2. The number of benzene rings is 1. The number of rotatable bonds is 9. The van der Waals surface area contributed by atoms with E-state index in [-0.39, 0.29) is 24.2 Å². The van der Waals surface area contributed by atoms with Gasteiger partial charge in [-0.05, 0) is 55.7 Å². The van der Waals surface area contributed by atoms with Crippen molar-refractivity contribution in [1.82, 2.24) is 4.90 Å². The highest BCUT2D eigenvalue weighted by Crippen LogP contribution is 2.47. The van der Waals surface area contributed by atoms with Crippen LogP contribution in [0.1, 0.15) is 55.5 Å². The Kier molecular flexibility index (Phi) is 8.05. The van der Waals surface area contributed by atoms with Gasteiger partial charge in [-0.3, -0.25) is 4.90 Å². The first-order chi connectivity index (χ1) is 16.2. The zero-order chi connectivity index (χ0) is 24.3. The second-order valence-corrected chi connectivity index (χ2v) is 9.88. The lowest BCUT2D eigenvalue weighted by atomic mass is 9.97. The van der Waals surface area contributed by atoms with Gasteiger partial charge in [0.15, 0.2) is 0 Å². The number of hydrogen-bond acceptors (Lipinski definition) is 6. The molecule has 3 fully saturated rings. The first kappa shape index (κ1) is 25.3. The number of halogens is 3. The van der Waals surface area contributed by atoms with Crippen molar-refractivity contribution in [2.75, 3.05) is 39.5 Å². The van der Waals surface area contributed by atoms with Gasteiger partial charge in [0.05, 0.1) is 30.4 Å².